The molecule has 6 nitrogen and oxygen atoms in total. The number of nitrogens with zero attached hydrogens (tertiary/aromatic N) is 3. The second kappa shape index (κ2) is 6.47. The number of fused-ring (bicyclic) bond motifs is 1. The van der Waals surface area contributed by atoms with Gasteiger partial charge in [0, 0.05) is 24.4 Å². The third kappa shape index (κ3) is 3.04. The summed E-state index contributed by atoms with van der Waals surface area (Å²) in [5.74, 6) is 1.06. The number of aryl methyl sites for hydroxylation is 3. The van der Waals surface area contributed by atoms with E-state index in [9.17, 15) is 4.79 Å². The summed E-state index contributed by atoms with van der Waals surface area (Å²) in [6.45, 7) is 6.36. The molecule has 2 aromatic heterocycles. The Morgan fingerprint density at radius 1 is 1.33 bits per heavy atom. The first-order valence-electron chi connectivity index (χ1n) is 8.15. The molecule has 3 rings (SSSR count). The average molecular weight is 326 g/mol. The third-order valence-electron chi connectivity index (χ3n) is 4.13. The number of nitrogens with one attached hydrogen (secondary N) is 1. The van der Waals surface area contributed by atoms with E-state index in [1.54, 1.807) is 11.9 Å². The molecule has 0 aliphatic rings. The lowest BCUT2D eigenvalue weighted by molar-refractivity contribution is 0.0764. The van der Waals surface area contributed by atoms with E-state index in [0.29, 0.717) is 24.0 Å². The summed E-state index contributed by atoms with van der Waals surface area (Å²) in [5.41, 5.74) is 3.71. The van der Waals surface area contributed by atoms with E-state index in [4.69, 9.17) is 4.52 Å². The summed E-state index contributed by atoms with van der Waals surface area (Å²) in [6.07, 6.45) is 1.74. The molecular weight excluding hydrogens is 304 g/mol. The zero-order chi connectivity index (χ0) is 17.3. The van der Waals surface area contributed by atoms with Gasteiger partial charge in [-0.2, -0.15) is 4.98 Å². The van der Waals surface area contributed by atoms with Crippen molar-refractivity contribution in [1.82, 2.24) is 20.0 Å². The van der Waals surface area contributed by atoms with Crippen molar-refractivity contribution in [1.29, 1.82) is 0 Å². The highest BCUT2D eigenvalue weighted by Gasteiger charge is 2.20. The van der Waals surface area contributed by atoms with Crippen molar-refractivity contribution in [3.8, 4) is 0 Å². The van der Waals surface area contributed by atoms with Crippen molar-refractivity contribution in [3.05, 3.63) is 46.7 Å². The molecule has 0 saturated carbocycles. The minimum atomic E-state index is -0.0865. The molecule has 1 amide bonds. The predicted molar refractivity (Wildman–Crippen MR) is 91.9 cm³/mol. The van der Waals surface area contributed by atoms with Crippen molar-refractivity contribution < 1.29 is 9.32 Å². The lowest BCUT2D eigenvalue weighted by atomic mass is 10.1. The number of aromatic amines is 1. The molecule has 0 aliphatic carbocycles. The van der Waals surface area contributed by atoms with Gasteiger partial charge in [-0.1, -0.05) is 23.7 Å². The number of carbonyl (C=O) groups excluding carboxylic acids is 1. The monoisotopic (exact) mass is 326 g/mol. The Bertz CT molecular complexity index is 878. The maximum atomic E-state index is 12.8. The van der Waals surface area contributed by atoms with Crippen LogP contribution in [0.1, 0.15) is 46.7 Å². The van der Waals surface area contributed by atoms with Crippen LogP contribution in [0, 0.1) is 13.8 Å². The van der Waals surface area contributed by atoms with E-state index in [1.807, 2.05) is 26.0 Å². The Kier molecular flexibility index (Phi) is 4.38. The highest BCUT2D eigenvalue weighted by molar-refractivity contribution is 6.00. The molecule has 0 unspecified atom stereocenters. The Morgan fingerprint density at radius 3 is 2.88 bits per heavy atom. The summed E-state index contributed by atoms with van der Waals surface area (Å²) >= 11 is 0. The summed E-state index contributed by atoms with van der Waals surface area (Å²) < 4.78 is 5.21. The molecule has 24 heavy (non-hydrogen) atoms. The number of hydrogen-bond donors (Lipinski definition) is 1. The minimum absolute atomic E-state index is 0.0865. The molecule has 0 atom stereocenters. The number of amides is 1. The molecule has 0 saturated heterocycles. The highest BCUT2D eigenvalue weighted by atomic mass is 16.5. The zero-order valence-electron chi connectivity index (χ0n) is 14.5. The van der Waals surface area contributed by atoms with Gasteiger partial charge in [-0.05, 0) is 38.0 Å². The van der Waals surface area contributed by atoms with Gasteiger partial charge < -0.3 is 14.4 Å². The van der Waals surface area contributed by atoms with Gasteiger partial charge in [-0.3, -0.25) is 4.79 Å². The zero-order valence-corrected chi connectivity index (χ0v) is 14.5. The van der Waals surface area contributed by atoms with Gasteiger partial charge in [-0.25, -0.2) is 0 Å². The van der Waals surface area contributed by atoms with Gasteiger partial charge in [0.2, 0.25) is 5.89 Å². The first kappa shape index (κ1) is 16.2. The number of carbonyl (C=O) groups is 1. The van der Waals surface area contributed by atoms with Gasteiger partial charge in [0.25, 0.3) is 5.91 Å². The van der Waals surface area contributed by atoms with Gasteiger partial charge in [0.1, 0.15) is 12.2 Å². The number of aromatic nitrogens is 3. The summed E-state index contributed by atoms with van der Waals surface area (Å²) in [7, 11) is 1.74. The topological polar surface area (TPSA) is 75.0 Å². The minimum Gasteiger partial charge on any atom is -0.350 e. The summed E-state index contributed by atoms with van der Waals surface area (Å²) in [6, 6.07) is 6.13. The molecule has 0 aliphatic heterocycles. The number of H-pyrrole nitrogens is 1. The molecule has 126 valence electrons. The van der Waals surface area contributed by atoms with Crippen LogP contribution in [-0.2, 0) is 13.0 Å². The summed E-state index contributed by atoms with van der Waals surface area (Å²) in [5, 5.41) is 5.00. The first-order valence-corrected chi connectivity index (χ1v) is 8.15. The van der Waals surface area contributed by atoms with E-state index >= 15 is 0 Å². The van der Waals surface area contributed by atoms with Crippen LogP contribution in [0.5, 0.6) is 0 Å². The molecule has 0 radical (unpaired) electrons. The molecule has 3 aromatic rings. The molecule has 2 heterocycles. The van der Waals surface area contributed by atoms with Crippen LogP contribution in [0.2, 0.25) is 0 Å². The number of rotatable bonds is 5. The average Bonchev–Trinajstić information content (AvgIpc) is 3.12. The predicted octanol–water partition coefficient (Wildman–Crippen LogP) is 3.39. The Hall–Kier alpha value is -2.63. The maximum absolute atomic E-state index is 12.8. The lowest BCUT2D eigenvalue weighted by Crippen LogP contribution is -2.27. The first-order chi connectivity index (χ1) is 11.5. The molecule has 1 aromatic carbocycles. The normalized spacial score (nSPS) is 11.2. The van der Waals surface area contributed by atoms with E-state index in [0.717, 1.165) is 29.3 Å². The maximum Gasteiger partial charge on any atom is 0.270 e. The smallest absolute Gasteiger partial charge is 0.270 e. The van der Waals surface area contributed by atoms with E-state index < -0.39 is 0 Å². The van der Waals surface area contributed by atoms with Crippen molar-refractivity contribution in [2.24, 2.45) is 0 Å². The van der Waals surface area contributed by atoms with Crippen molar-refractivity contribution in [2.75, 3.05) is 7.05 Å². The van der Waals surface area contributed by atoms with Crippen molar-refractivity contribution >= 4 is 16.8 Å². The SMILES string of the molecule is CCCc1noc(CN(C)C(=O)c2[nH]c3ccc(C)cc3c2C)n1. The van der Waals surface area contributed by atoms with E-state index in [1.165, 1.54) is 5.56 Å². The number of hydrogen-bond acceptors (Lipinski definition) is 4. The Morgan fingerprint density at radius 2 is 2.12 bits per heavy atom. The quantitative estimate of drug-likeness (QED) is 0.780. The lowest BCUT2D eigenvalue weighted by Gasteiger charge is -2.14. The molecule has 6 heteroatoms. The van der Waals surface area contributed by atoms with Crippen LogP contribution in [0.25, 0.3) is 10.9 Å². The molecule has 0 fully saturated rings. The largest absolute Gasteiger partial charge is 0.350 e. The molecular formula is C18H22N4O2. The van der Waals surface area contributed by atoms with Crippen LogP contribution >= 0.6 is 0 Å². The van der Waals surface area contributed by atoms with E-state index in [2.05, 4.69) is 28.1 Å². The van der Waals surface area contributed by atoms with Gasteiger partial charge in [-0.15, -0.1) is 0 Å². The Balaban J connectivity index is 1.81. The third-order valence-corrected chi connectivity index (χ3v) is 4.13. The molecule has 1 N–H and O–H groups in total. The second-order valence-electron chi connectivity index (χ2n) is 6.19. The van der Waals surface area contributed by atoms with Crippen molar-refractivity contribution in [3.63, 3.8) is 0 Å². The van der Waals surface area contributed by atoms with Gasteiger partial charge in [0.15, 0.2) is 5.82 Å². The fourth-order valence-corrected chi connectivity index (χ4v) is 2.80. The molecule has 0 bridgehead atoms. The number of benzene rings is 1. The molecule has 0 spiro atoms. The van der Waals surface area contributed by atoms with Crippen LogP contribution in [0.4, 0.5) is 0 Å². The van der Waals surface area contributed by atoms with Crippen LogP contribution in [0.3, 0.4) is 0 Å². The standard InChI is InChI=1S/C18H22N4O2/c1-5-6-15-20-16(24-21-15)10-22(4)18(23)17-12(3)13-9-11(2)7-8-14(13)19-17/h7-9,19H,5-6,10H2,1-4H3. The fraction of sp³-hybridized carbons (Fsp3) is 0.389. The van der Waals surface area contributed by atoms with Crippen LogP contribution in [-0.4, -0.2) is 33.0 Å². The fourth-order valence-electron chi connectivity index (χ4n) is 2.80. The highest BCUT2D eigenvalue weighted by Crippen LogP contribution is 2.24. The van der Waals surface area contributed by atoms with Crippen molar-refractivity contribution in [2.45, 2.75) is 40.2 Å². The Labute approximate surface area is 140 Å². The van der Waals surface area contributed by atoms with Crippen LogP contribution < -0.4 is 0 Å². The second-order valence-corrected chi connectivity index (χ2v) is 6.19. The van der Waals surface area contributed by atoms with Gasteiger partial charge in [0.05, 0.1) is 0 Å². The summed E-state index contributed by atoms with van der Waals surface area (Å²) in [4.78, 5) is 21.9. The van der Waals surface area contributed by atoms with Crippen LogP contribution in [0.15, 0.2) is 22.7 Å². The van der Waals surface area contributed by atoms with E-state index in [-0.39, 0.29) is 5.91 Å². The van der Waals surface area contributed by atoms with Gasteiger partial charge >= 0.3 is 0 Å².